The van der Waals surface area contributed by atoms with Crippen LogP contribution in [0, 0.1) is 23.4 Å². The maximum atomic E-state index is 15.4. The molecule has 1 aliphatic rings. The molecule has 4 rings (SSSR count). The van der Waals surface area contributed by atoms with Gasteiger partial charge in [0.2, 0.25) is 0 Å². The lowest BCUT2D eigenvalue weighted by Crippen LogP contribution is -2.45. The van der Waals surface area contributed by atoms with E-state index in [9.17, 15) is 40.3 Å². The van der Waals surface area contributed by atoms with Crippen LogP contribution in [-0.2, 0) is 21.0 Å². The molecule has 1 heterocycles. The molecular formula is C25H18ClF6NO5S. The van der Waals surface area contributed by atoms with Crippen LogP contribution in [0.2, 0.25) is 5.02 Å². The van der Waals surface area contributed by atoms with Gasteiger partial charge in [-0.05, 0) is 48.4 Å². The van der Waals surface area contributed by atoms with Crippen LogP contribution in [0.4, 0.5) is 32.0 Å². The van der Waals surface area contributed by atoms with Gasteiger partial charge in [-0.2, -0.15) is 13.2 Å². The Morgan fingerprint density at radius 2 is 1.82 bits per heavy atom. The van der Waals surface area contributed by atoms with Gasteiger partial charge in [0.05, 0.1) is 33.6 Å². The Bertz CT molecular complexity index is 1560. The Kier molecular flexibility index (Phi) is 7.52. The first-order valence-electron chi connectivity index (χ1n) is 11.2. The van der Waals surface area contributed by atoms with E-state index in [0.717, 1.165) is 30.3 Å². The number of ether oxygens (including phenoxy) is 1. The fraction of sp³-hybridized carbons (Fsp3) is 0.240. The predicted octanol–water partition coefficient (Wildman–Crippen LogP) is 6.51. The Morgan fingerprint density at radius 3 is 2.46 bits per heavy atom. The number of carbonyl (C=O) groups is 1. The van der Waals surface area contributed by atoms with E-state index in [0.29, 0.717) is 22.5 Å². The molecule has 1 N–H and O–H groups in total. The quantitative estimate of drug-likeness (QED) is 0.260. The molecule has 0 radical (unpaired) electrons. The molecule has 14 heteroatoms. The third kappa shape index (κ3) is 5.64. The van der Waals surface area contributed by atoms with Crippen molar-refractivity contribution in [1.82, 2.24) is 0 Å². The number of hydrogen-bond acceptors (Lipinski definition) is 4. The van der Waals surface area contributed by atoms with Gasteiger partial charge in [0.1, 0.15) is 17.7 Å². The maximum Gasteiger partial charge on any atom is 0.416 e. The summed E-state index contributed by atoms with van der Waals surface area (Å²) < 4.78 is 117. The average molecular weight is 594 g/mol. The summed E-state index contributed by atoms with van der Waals surface area (Å²) in [5.74, 6) is -6.34. The minimum atomic E-state index is -4.87. The van der Waals surface area contributed by atoms with Gasteiger partial charge in [0.25, 0.3) is 10.0 Å². The van der Waals surface area contributed by atoms with Gasteiger partial charge in [-0.25, -0.2) is 21.6 Å². The third-order valence-corrected chi connectivity index (χ3v) is 8.20. The summed E-state index contributed by atoms with van der Waals surface area (Å²) in [6.07, 6.45) is -6.35. The molecule has 1 unspecified atom stereocenters. The van der Waals surface area contributed by atoms with Crippen LogP contribution < -0.4 is 9.04 Å². The number of carboxylic acids is 1. The molecule has 0 spiro atoms. The number of sulfonamides is 1. The lowest BCUT2D eigenvalue weighted by atomic mass is 10.0. The molecule has 3 aromatic carbocycles. The number of nitrogens with zero attached hydrogens (tertiary/aromatic N) is 1. The molecule has 1 aliphatic heterocycles. The topological polar surface area (TPSA) is 83.9 Å². The van der Waals surface area contributed by atoms with Crippen molar-refractivity contribution in [2.24, 2.45) is 5.92 Å². The van der Waals surface area contributed by atoms with Gasteiger partial charge in [-0.1, -0.05) is 24.6 Å². The van der Waals surface area contributed by atoms with Crippen molar-refractivity contribution in [3.8, 4) is 16.9 Å². The Labute approximate surface area is 223 Å². The number of anilines is 1. The zero-order valence-electron chi connectivity index (χ0n) is 19.8. The van der Waals surface area contributed by atoms with E-state index in [2.05, 4.69) is 0 Å². The number of alkyl halides is 3. The Balaban J connectivity index is 1.91. The van der Waals surface area contributed by atoms with E-state index in [4.69, 9.17) is 16.3 Å². The molecule has 0 saturated heterocycles. The van der Waals surface area contributed by atoms with Gasteiger partial charge in [0, 0.05) is 11.6 Å². The minimum Gasteiger partial charge on any atom is -0.483 e. The number of fused-ring (bicyclic) bond motifs is 1. The van der Waals surface area contributed by atoms with Gasteiger partial charge in [-0.3, -0.25) is 9.10 Å². The Morgan fingerprint density at radius 1 is 1.13 bits per heavy atom. The number of carboxylic acid groups (broad SMARTS) is 1. The average Bonchev–Trinajstić information content (AvgIpc) is 2.85. The highest BCUT2D eigenvalue weighted by molar-refractivity contribution is 7.92. The summed E-state index contributed by atoms with van der Waals surface area (Å²) in [5.41, 5.74) is -2.31. The lowest BCUT2D eigenvalue weighted by Gasteiger charge is -2.36. The predicted molar refractivity (Wildman–Crippen MR) is 129 cm³/mol. The van der Waals surface area contributed by atoms with Crippen molar-refractivity contribution < 1.29 is 49.4 Å². The molecule has 6 nitrogen and oxygen atoms in total. The third-order valence-electron chi connectivity index (χ3n) is 6.04. The molecule has 0 fully saturated rings. The van der Waals surface area contributed by atoms with Crippen molar-refractivity contribution >= 4 is 33.3 Å². The van der Waals surface area contributed by atoms with E-state index >= 15 is 4.39 Å². The summed E-state index contributed by atoms with van der Waals surface area (Å²) >= 11 is 5.94. The second-order valence-electron chi connectivity index (χ2n) is 8.83. The molecule has 2 atom stereocenters. The van der Waals surface area contributed by atoms with E-state index < -0.39 is 85.1 Å². The highest BCUT2D eigenvalue weighted by Crippen LogP contribution is 2.44. The van der Waals surface area contributed by atoms with Crippen LogP contribution in [0.5, 0.6) is 5.75 Å². The van der Waals surface area contributed by atoms with Crippen LogP contribution in [0.15, 0.2) is 53.4 Å². The largest absolute Gasteiger partial charge is 0.483 e. The lowest BCUT2D eigenvalue weighted by molar-refractivity contribution is -0.142. The van der Waals surface area contributed by atoms with E-state index in [1.807, 2.05) is 0 Å². The maximum absolute atomic E-state index is 15.4. The highest BCUT2D eigenvalue weighted by atomic mass is 35.5. The number of benzene rings is 3. The van der Waals surface area contributed by atoms with Crippen LogP contribution >= 0.6 is 11.6 Å². The second kappa shape index (κ2) is 10.3. The molecule has 208 valence electrons. The molecule has 0 saturated carbocycles. The monoisotopic (exact) mass is 593 g/mol. The highest BCUT2D eigenvalue weighted by Gasteiger charge is 2.39. The first kappa shape index (κ1) is 28.6. The van der Waals surface area contributed by atoms with Gasteiger partial charge in [-0.15, -0.1) is 0 Å². The van der Waals surface area contributed by atoms with E-state index in [1.54, 1.807) is 0 Å². The van der Waals surface area contributed by atoms with Gasteiger partial charge in [0.15, 0.2) is 11.6 Å². The summed E-state index contributed by atoms with van der Waals surface area (Å²) in [6.45, 7) is 0.712. The zero-order chi connectivity index (χ0) is 28.9. The summed E-state index contributed by atoms with van der Waals surface area (Å²) in [7, 11) is -4.83. The number of aliphatic carboxylic acids is 1. The van der Waals surface area contributed by atoms with Crippen LogP contribution in [-0.4, -0.2) is 32.1 Å². The van der Waals surface area contributed by atoms with E-state index in [-0.39, 0.29) is 17.5 Å². The first-order valence-corrected chi connectivity index (χ1v) is 13.0. The van der Waals surface area contributed by atoms with Gasteiger partial charge >= 0.3 is 12.1 Å². The fourth-order valence-corrected chi connectivity index (χ4v) is 5.85. The Hall–Kier alpha value is -3.45. The van der Waals surface area contributed by atoms with Crippen LogP contribution in [0.1, 0.15) is 18.9 Å². The second-order valence-corrected chi connectivity index (χ2v) is 11.1. The zero-order valence-corrected chi connectivity index (χ0v) is 21.3. The molecule has 0 aliphatic carbocycles. The van der Waals surface area contributed by atoms with Crippen molar-refractivity contribution in [3.63, 3.8) is 0 Å². The van der Waals surface area contributed by atoms with E-state index in [1.165, 1.54) is 6.92 Å². The minimum absolute atomic E-state index is 0.250. The van der Waals surface area contributed by atoms with Crippen molar-refractivity contribution in [2.45, 2.75) is 30.5 Å². The smallest absolute Gasteiger partial charge is 0.416 e. The molecule has 0 bridgehead atoms. The summed E-state index contributed by atoms with van der Waals surface area (Å²) in [5, 5.41) is 8.67. The molecule has 0 amide bonds. The summed E-state index contributed by atoms with van der Waals surface area (Å²) in [6, 6.07) is 5.94. The van der Waals surface area contributed by atoms with Gasteiger partial charge < -0.3 is 9.84 Å². The SMILES string of the molecule is CC(C[C@H]1CN(S(=O)(=O)c2cccc(C(F)(F)F)c2)c2cc(-c3cc(F)cc(F)c3Cl)cc(F)c2O1)C(=O)O. The first-order chi connectivity index (χ1) is 18.1. The van der Waals surface area contributed by atoms with Crippen LogP contribution in [0.3, 0.4) is 0 Å². The number of halogens is 7. The van der Waals surface area contributed by atoms with Crippen molar-refractivity contribution in [1.29, 1.82) is 0 Å². The normalized spacial score (nSPS) is 16.4. The van der Waals surface area contributed by atoms with Crippen molar-refractivity contribution in [3.05, 3.63) is 76.6 Å². The fourth-order valence-electron chi connectivity index (χ4n) is 4.10. The molecule has 0 aromatic heterocycles. The standard InChI is InChI=1S/C25H18ClF6NO5S/c1-12(24(34)35)5-16-11-33(39(36,37)17-4-2-3-14(8-17)25(30,31)32)21-7-13(6-20(29)23(21)38-16)18-9-15(27)10-19(28)22(18)26/h2-4,6-10,12,16H,5,11H2,1H3,(H,34,35)/t12?,16-/m0/s1. The summed E-state index contributed by atoms with van der Waals surface area (Å²) in [4.78, 5) is 10.6. The number of hydrogen-bond donors (Lipinski definition) is 1. The molecular weight excluding hydrogens is 576 g/mol. The molecule has 39 heavy (non-hydrogen) atoms. The van der Waals surface area contributed by atoms with Crippen molar-refractivity contribution in [2.75, 3.05) is 10.8 Å². The molecule has 3 aromatic rings. The number of rotatable bonds is 6. The van der Waals surface area contributed by atoms with Crippen LogP contribution in [0.25, 0.3) is 11.1 Å².